The normalized spacial score (nSPS) is 35.2. The number of piperidine rings is 2. The molecule has 3 nitrogen and oxygen atoms in total. The van der Waals surface area contributed by atoms with Crippen LogP contribution in [0.25, 0.3) is 0 Å². The molecule has 3 aliphatic rings. The van der Waals surface area contributed by atoms with Crippen molar-refractivity contribution in [2.75, 3.05) is 0 Å². The minimum absolute atomic E-state index is 0.105. The third-order valence-corrected chi connectivity index (χ3v) is 5.61. The summed E-state index contributed by atoms with van der Waals surface area (Å²) in [7, 11) is 0. The Balaban J connectivity index is 1.42. The first kappa shape index (κ1) is 13.3. The van der Waals surface area contributed by atoms with Crippen molar-refractivity contribution in [3.63, 3.8) is 0 Å². The SMILES string of the molecule is O=C(NC1C[C@H]2CCC[C@@H](C1)[NH+]2C1CC1)c1ccccc1. The highest BCUT2D eigenvalue weighted by Gasteiger charge is 2.48. The summed E-state index contributed by atoms with van der Waals surface area (Å²) in [6, 6.07) is 12.6. The molecule has 2 saturated heterocycles. The Morgan fingerprint density at radius 3 is 2.24 bits per heavy atom. The van der Waals surface area contributed by atoms with Crippen LogP contribution in [0.2, 0.25) is 0 Å². The summed E-state index contributed by atoms with van der Waals surface area (Å²) in [6.45, 7) is 0. The molecular weight excluding hydrogens is 260 g/mol. The van der Waals surface area contributed by atoms with Gasteiger partial charge in [-0.3, -0.25) is 4.79 Å². The summed E-state index contributed by atoms with van der Waals surface area (Å²) in [5.74, 6) is 0.105. The van der Waals surface area contributed by atoms with Gasteiger partial charge in [-0.25, -0.2) is 0 Å². The average molecular weight is 285 g/mol. The standard InChI is InChI=1S/C18H24N2O/c21-18(13-5-2-1-3-6-13)19-14-11-16-7-4-8-17(12-14)20(16)15-9-10-15/h1-3,5-6,14-17H,4,7-12H2,(H,19,21)/p+1/t14?,16-,17+. The van der Waals surface area contributed by atoms with E-state index in [1.54, 1.807) is 0 Å². The van der Waals surface area contributed by atoms with E-state index in [9.17, 15) is 4.79 Å². The Bertz CT molecular complexity index is 497. The number of nitrogens with one attached hydrogen (secondary N) is 2. The number of fused-ring (bicyclic) bond motifs is 2. The molecule has 1 aromatic rings. The molecule has 112 valence electrons. The molecule has 3 heteroatoms. The summed E-state index contributed by atoms with van der Waals surface area (Å²) in [5, 5.41) is 3.29. The number of carbonyl (C=O) groups is 1. The minimum Gasteiger partial charge on any atom is -0.349 e. The van der Waals surface area contributed by atoms with Crippen molar-refractivity contribution in [2.45, 2.75) is 69.1 Å². The molecule has 3 fully saturated rings. The fraction of sp³-hybridized carbons (Fsp3) is 0.611. The monoisotopic (exact) mass is 285 g/mol. The lowest BCUT2D eigenvalue weighted by molar-refractivity contribution is -0.971. The zero-order valence-corrected chi connectivity index (χ0v) is 12.6. The van der Waals surface area contributed by atoms with Gasteiger partial charge in [0.05, 0.1) is 18.1 Å². The summed E-state index contributed by atoms with van der Waals surface area (Å²) in [6.07, 6.45) is 9.35. The lowest BCUT2D eigenvalue weighted by Gasteiger charge is -2.46. The van der Waals surface area contributed by atoms with Crippen LogP contribution in [-0.2, 0) is 0 Å². The number of carbonyl (C=O) groups excluding carboxylic acids is 1. The summed E-state index contributed by atoms with van der Waals surface area (Å²) < 4.78 is 0. The average Bonchev–Trinajstić information content (AvgIpc) is 3.32. The number of hydrogen-bond donors (Lipinski definition) is 2. The van der Waals surface area contributed by atoms with Crippen LogP contribution in [0.5, 0.6) is 0 Å². The van der Waals surface area contributed by atoms with Gasteiger partial charge in [0.25, 0.3) is 5.91 Å². The number of hydrogen-bond acceptors (Lipinski definition) is 1. The molecule has 1 amide bonds. The zero-order valence-electron chi connectivity index (χ0n) is 12.6. The molecule has 4 rings (SSSR count). The van der Waals surface area contributed by atoms with E-state index >= 15 is 0 Å². The Morgan fingerprint density at radius 2 is 1.62 bits per heavy atom. The molecule has 1 aliphatic carbocycles. The van der Waals surface area contributed by atoms with Crippen molar-refractivity contribution in [2.24, 2.45) is 0 Å². The van der Waals surface area contributed by atoms with Gasteiger partial charge >= 0.3 is 0 Å². The Hall–Kier alpha value is -1.35. The van der Waals surface area contributed by atoms with Crippen LogP contribution in [0.15, 0.2) is 30.3 Å². The highest BCUT2D eigenvalue weighted by atomic mass is 16.1. The quantitative estimate of drug-likeness (QED) is 0.868. The van der Waals surface area contributed by atoms with Crippen molar-refractivity contribution in [1.29, 1.82) is 0 Å². The molecule has 2 N–H and O–H groups in total. The third kappa shape index (κ3) is 2.71. The smallest absolute Gasteiger partial charge is 0.251 e. The van der Waals surface area contributed by atoms with Crippen LogP contribution in [0.3, 0.4) is 0 Å². The Kier molecular flexibility index (Phi) is 3.46. The van der Waals surface area contributed by atoms with Gasteiger partial charge in [-0.05, 0) is 31.4 Å². The second kappa shape index (κ2) is 5.45. The second-order valence-corrected chi connectivity index (χ2v) is 7.11. The zero-order chi connectivity index (χ0) is 14.2. The largest absolute Gasteiger partial charge is 0.349 e. The first-order valence-electron chi connectivity index (χ1n) is 8.54. The highest BCUT2D eigenvalue weighted by Crippen LogP contribution is 2.27. The molecule has 0 spiro atoms. The predicted molar refractivity (Wildman–Crippen MR) is 82.3 cm³/mol. The van der Waals surface area contributed by atoms with E-state index in [1.807, 2.05) is 35.2 Å². The van der Waals surface area contributed by atoms with E-state index in [-0.39, 0.29) is 5.91 Å². The summed E-state index contributed by atoms with van der Waals surface area (Å²) >= 11 is 0. The lowest BCUT2D eigenvalue weighted by Crippen LogP contribution is -3.22. The van der Waals surface area contributed by atoms with Gasteiger partial charge in [0.2, 0.25) is 0 Å². The molecule has 1 aromatic carbocycles. The Morgan fingerprint density at radius 1 is 0.952 bits per heavy atom. The Labute approximate surface area is 126 Å². The molecule has 2 heterocycles. The number of amides is 1. The van der Waals surface area contributed by atoms with Crippen molar-refractivity contribution in [1.82, 2.24) is 5.32 Å². The molecule has 21 heavy (non-hydrogen) atoms. The van der Waals surface area contributed by atoms with Crippen molar-refractivity contribution in [3.8, 4) is 0 Å². The molecule has 0 radical (unpaired) electrons. The summed E-state index contributed by atoms with van der Waals surface area (Å²) in [5.41, 5.74) is 0.791. The van der Waals surface area contributed by atoms with Crippen molar-refractivity contribution >= 4 is 5.91 Å². The van der Waals surface area contributed by atoms with Gasteiger partial charge in [-0.2, -0.15) is 0 Å². The van der Waals surface area contributed by atoms with Gasteiger partial charge < -0.3 is 10.2 Å². The lowest BCUT2D eigenvalue weighted by atomic mass is 9.81. The van der Waals surface area contributed by atoms with Crippen LogP contribution < -0.4 is 10.2 Å². The van der Waals surface area contributed by atoms with E-state index in [4.69, 9.17) is 0 Å². The number of quaternary nitrogens is 1. The van der Waals surface area contributed by atoms with Crippen LogP contribution in [0.1, 0.15) is 55.3 Å². The number of rotatable bonds is 3. The van der Waals surface area contributed by atoms with Crippen LogP contribution in [0, 0.1) is 0 Å². The summed E-state index contributed by atoms with van der Waals surface area (Å²) in [4.78, 5) is 14.2. The first-order chi connectivity index (χ1) is 10.3. The predicted octanol–water partition coefficient (Wildman–Crippen LogP) is 1.55. The molecule has 4 atom stereocenters. The minimum atomic E-state index is 0.105. The van der Waals surface area contributed by atoms with E-state index in [0.29, 0.717) is 6.04 Å². The maximum atomic E-state index is 12.3. The molecular formula is C18H25N2O+. The van der Waals surface area contributed by atoms with Gasteiger partial charge in [0, 0.05) is 37.3 Å². The van der Waals surface area contributed by atoms with E-state index < -0.39 is 0 Å². The van der Waals surface area contributed by atoms with Crippen LogP contribution in [0.4, 0.5) is 0 Å². The van der Waals surface area contributed by atoms with Gasteiger partial charge in [0.1, 0.15) is 0 Å². The first-order valence-corrected chi connectivity index (χ1v) is 8.54. The number of benzene rings is 1. The van der Waals surface area contributed by atoms with Crippen molar-refractivity contribution < 1.29 is 9.69 Å². The van der Waals surface area contributed by atoms with Crippen LogP contribution >= 0.6 is 0 Å². The fourth-order valence-electron chi connectivity index (χ4n) is 4.63. The molecule has 0 aromatic heterocycles. The van der Waals surface area contributed by atoms with E-state index in [0.717, 1.165) is 23.7 Å². The maximum absolute atomic E-state index is 12.3. The second-order valence-electron chi connectivity index (χ2n) is 7.11. The van der Waals surface area contributed by atoms with E-state index in [2.05, 4.69) is 5.32 Å². The third-order valence-electron chi connectivity index (χ3n) is 5.61. The topological polar surface area (TPSA) is 33.5 Å². The highest BCUT2D eigenvalue weighted by molar-refractivity contribution is 5.94. The molecule has 1 saturated carbocycles. The molecule has 2 unspecified atom stereocenters. The van der Waals surface area contributed by atoms with Gasteiger partial charge in [-0.15, -0.1) is 0 Å². The van der Waals surface area contributed by atoms with Crippen molar-refractivity contribution in [3.05, 3.63) is 35.9 Å². The maximum Gasteiger partial charge on any atom is 0.251 e. The van der Waals surface area contributed by atoms with E-state index in [1.165, 1.54) is 44.9 Å². The molecule has 2 aliphatic heterocycles. The van der Waals surface area contributed by atoms with Gasteiger partial charge in [0.15, 0.2) is 0 Å². The van der Waals surface area contributed by atoms with Gasteiger partial charge in [-0.1, -0.05) is 18.2 Å². The molecule has 2 bridgehead atoms. The van der Waals surface area contributed by atoms with Crippen LogP contribution in [-0.4, -0.2) is 30.1 Å². The fourth-order valence-corrected chi connectivity index (χ4v) is 4.63.